The molecule has 1 aliphatic rings. The van der Waals surface area contributed by atoms with Crippen molar-refractivity contribution in [3.63, 3.8) is 0 Å². The maximum atomic E-state index is 12.7. The Morgan fingerprint density at radius 3 is 2.49 bits per heavy atom. The van der Waals surface area contributed by atoms with Crippen molar-refractivity contribution in [2.45, 2.75) is 79.2 Å². The van der Waals surface area contributed by atoms with Crippen molar-refractivity contribution in [1.29, 1.82) is 0 Å². The lowest BCUT2D eigenvalue weighted by Gasteiger charge is -2.30. The van der Waals surface area contributed by atoms with E-state index in [-0.39, 0.29) is 17.5 Å². The first kappa shape index (κ1) is 29.7. The summed E-state index contributed by atoms with van der Waals surface area (Å²) in [6.07, 6.45) is 4.55. The zero-order valence-corrected chi connectivity index (χ0v) is 25.8. The third-order valence-corrected chi connectivity index (χ3v) is 6.98. The summed E-state index contributed by atoms with van der Waals surface area (Å²) >= 11 is 0. The van der Waals surface area contributed by atoms with Crippen LogP contribution in [0.15, 0.2) is 49.1 Å². The fourth-order valence-electron chi connectivity index (χ4n) is 4.66. The first-order valence-electron chi connectivity index (χ1n) is 14.3. The molecule has 2 N–H and O–H groups in total. The van der Waals surface area contributed by atoms with E-state index in [0.717, 1.165) is 28.1 Å². The summed E-state index contributed by atoms with van der Waals surface area (Å²) in [7, 11) is 0. The number of rotatable bonds is 6. The van der Waals surface area contributed by atoms with Crippen LogP contribution in [0.2, 0.25) is 0 Å². The Bertz CT molecular complexity index is 1640. The Morgan fingerprint density at radius 1 is 1.00 bits per heavy atom. The van der Waals surface area contributed by atoms with E-state index < -0.39 is 5.60 Å². The van der Waals surface area contributed by atoms with Gasteiger partial charge in [-0.2, -0.15) is 10.2 Å². The van der Waals surface area contributed by atoms with E-state index in [1.165, 1.54) is 6.33 Å². The summed E-state index contributed by atoms with van der Waals surface area (Å²) in [5.74, 6) is 1.08. The topological polar surface area (TPSA) is 132 Å². The Morgan fingerprint density at radius 2 is 1.79 bits per heavy atom. The van der Waals surface area contributed by atoms with Crippen LogP contribution in [-0.2, 0) is 29.9 Å². The average molecular weight is 586 g/mol. The smallest absolute Gasteiger partial charge is 0.410 e. The average Bonchev–Trinajstić information content (AvgIpc) is 3.58. The standard InChI is InChI=1S/C31H39N9O3/c1-20-12-21(8-9-22(20)15-32-28(41)23-16-35-40(17-23)30(2,3)4)25-14-26(34-19-33-25)36-27-13-24-18-38(10-11-39(24)37-27)29(42)43-31(5,6)7/h8-9,12-14,16-17,19H,10-11,15,18H2,1-7H3,(H,32,41)(H,33,34,36,37). The first-order valence-corrected chi connectivity index (χ1v) is 14.3. The van der Waals surface area contributed by atoms with Crippen molar-refractivity contribution < 1.29 is 14.3 Å². The van der Waals surface area contributed by atoms with Crippen molar-refractivity contribution in [2.75, 3.05) is 11.9 Å². The van der Waals surface area contributed by atoms with Crippen LogP contribution in [0.25, 0.3) is 11.3 Å². The lowest BCUT2D eigenvalue weighted by molar-refractivity contribution is 0.0194. The number of aromatic nitrogens is 6. The predicted octanol–water partition coefficient (Wildman–Crippen LogP) is 5.02. The summed E-state index contributed by atoms with van der Waals surface area (Å²) in [4.78, 5) is 35.7. The van der Waals surface area contributed by atoms with Crippen molar-refractivity contribution in [2.24, 2.45) is 0 Å². The molecule has 0 fully saturated rings. The summed E-state index contributed by atoms with van der Waals surface area (Å²) in [6, 6.07) is 9.82. The minimum absolute atomic E-state index is 0.163. The van der Waals surface area contributed by atoms with Gasteiger partial charge in [0.15, 0.2) is 5.82 Å². The number of nitrogens with zero attached hydrogens (tertiary/aromatic N) is 7. The summed E-state index contributed by atoms with van der Waals surface area (Å²) in [5, 5.41) is 15.2. The number of anilines is 2. The first-order chi connectivity index (χ1) is 20.2. The second kappa shape index (κ2) is 11.5. The number of nitrogens with one attached hydrogen (secondary N) is 2. The van der Waals surface area contributed by atoms with Gasteiger partial charge in [-0.1, -0.05) is 12.1 Å². The van der Waals surface area contributed by atoms with E-state index in [1.54, 1.807) is 22.0 Å². The molecule has 0 radical (unpaired) electrons. The zero-order valence-electron chi connectivity index (χ0n) is 25.8. The van der Waals surface area contributed by atoms with Gasteiger partial charge in [-0.25, -0.2) is 14.8 Å². The van der Waals surface area contributed by atoms with Crippen LogP contribution >= 0.6 is 0 Å². The molecule has 0 spiro atoms. The highest BCUT2D eigenvalue weighted by Gasteiger charge is 2.27. The van der Waals surface area contributed by atoms with Crippen LogP contribution < -0.4 is 10.6 Å². The van der Waals surface area contributed by atoms with Gasteiger partial charge >= 0.3 is 6.09 Å². The number of amides is 2. The Labute approximate surface area is 251 Å². The van der Waals surface area contributed by atoms with Crippen LogP contribution in [0.5, 0.6) is 0 Å². The molecule has 0 saturated heterocycles. The van der Waals surface area contributed by atoms with E-state index >= 15 is 0 Å². The zero-order chi connectivity index (χ0) is 30.9. The largest absolute Gasteiger partial charge is 0.444 e. The van der Waals surface area contributed by atoms with Crippen LogP contribution in [-0.4, -0.2) is 58.6 Å². The van der Waals surface area contributed by atoms with Gasteiger partial charge in [0.25, 0.3) is 5.91 Å². The molecule has 43 heavy (non-hydrogen) atoms. The highest BCUT2D eigenvalue weighted by atomic mass is 16.6. The maximum absolute atomic E-state index is 12.7. The van der Waals surface area contributed by atoms with E-state index in [1.807, 2.05) is 83.5 Å². The molecule has 4 aromatic rings. The summed E-state index contributed by atoms with van der Waals surface area (Å²) in [5.41, 5.74) is 4.44. The van der Waals surface area contributed by atoms with Crippen molar-refractivity contribution in [1.82, 2.24) is 39.7 Å². The molecular weight excluding hydrogens is 546 g/mol. The highest BCUT2D eigenvalue weighted by molar-refractivity contribution is 5.93. The second-order valence-corrected chi connectivity index (χ2v) is 12.7. The van der Waals surface area contributed by atoms with Gasteiger partial charge in [-0.3, -0.25) is 14.2 Å². The molecule has 5 rings (SSSR count). The number of fused-ring (bicyclic) bond motifs is 1. The normalized spacial score (nSPS) is 13.4. The Balaban J connectivity index is 1.22. The van der Waals surface area contributed by atoms with Gasteiger partial charge in [0.2, 0.25) is 0 Å². The number of ether oxygens (including phenoxy) is 1. The molecule has 1 aliphatic heterocycles. The van der Waals surface area contributed by atoms with Gasteiger partial charge in [-0.15, -0.1) is 0 Å². The number of carbonyl (C=O) groups is 2. The van der Waals surface area contributed by atoms with Crippen molar-refractivity contribution in [3.05, 3.63) is 71.4 Å². The van der Waals surface area contributed by atoms with Crippen LogP contribution in [0.4, 0.5) is 16.4 Å². The van der Waals surface area contributed by atoms with Crippen LogP contribution in [0.3, 0.4) is 0 Å². The van der Waals surface area contributed by atoms with Crippen LogP contribution in [0.1, 0.15) is 68.7 Å². The molecular formula is C31H39N9O3. The van der Waals surface area contributed by atoms with Crippen LogP contribution in [0, 0.1) is 6.92 Å². The van der Waals surface area contributed by atoms with E-state index in [4.69, 9.17) is 4.74 Å². The minimum Gasteiger partial charge on any atom is -0.444 e. The SMILES string of the molecule is Cc1cc(-c2cc(Nc3cc4n(n3)CCN(C(=O)OC(C)(C)C)C4)ncn2)ccc1CNC(=O)c1cnn(C(C)(C)C)c1. The molecule has 12 nitrogen and oxygen atoms in total. The molecule has 0 saturated carbocycles. The lowest BCUT2D eigenvalue weighted by Crippen LogP contribution is -2.41. The highest BCUT2D eigenvalue weighted by Crippen LogP contribution is 2.25. The van der Waals surface area contributed by atoms with Crippen molar-refractivity contribution >= 4 is 23.6 Å². The van der Waals surface area contributed by atoms with E-state index in [9.17, 15) is 9.59 Å². The summed E-state index contributed by atoms with van der Waals surface area (Å²) in [6.45, 7) is 15.6. The van der Waals surface area contributed by atoms with Gasteiger partial charge < -0.3 is 20.3 Å². The summed E-state index contributed by atoms with van der Waals surface area (Å²) < 4.78 is 9.20. The fourth-order valence-corrected chi connectivity index (χ4v) is 4.66. The van der Waals surface area contributed by atoms with Gasteiger partial charge in [0, 0.05) is 37.0 Å². The van der Waals surface area contributed by atoms with Gasteiger partial charge in [-0.05, 0) is 65.7 Å². The van der Waals surface area contributed by atoms with Crippen molar-refractivity contribution in [3.8, 4) is 11.3 Å². The third kappa shape index (κ3) is 7.19. The fraction of sp³-hybridized carbons (Fsp3) is 0.419. The van der Waals surface area contributed by atoms with Gasteiger partial charge in [0.1, 0.15) is 17.7 Å². The molecule has 12 heteroatoms. The Kier molecular flexibility index (Phi) is 7.96. The molecule has 226 valence electrons. The number of benzene rings is 1. The molecule has 1 aromatic carbocycles. The molecule has 0 unspecified atom stereocenters. The Hall–Kier alpha value is -4.74. The number of hydrogen-bond acceptors (Lipinski definition) is 8. The molecule has 0 aliphatic carbocycles. The molecule has 0 bridgehead atoms. The third-order valence-electron chi connectivity index (χ3n) is 6.98. The quantitative estimate of drug-likeness (QED) is 0.322. The predicted molar refractivity (Wildman–Crippen MR) is 163 cm³/mol. The molecule has 0 atom stereocenters. The number of carbonyl (C=O) groups excluding carboxylic acids is 2. The van der Waals surface area contributed by atoms with Gasteiger partial charge in [0.05, 0.1) is 41.8 Å². The monoisotopic (exact) mass is 585 g/mol. The number of hydrogen-bond donors (Lipinski definition) is 2. The second-order valence-electron chi connectivity index (χ2n) is 12.7. The van der Waals surface area contributed by atoms with E-state index in [2.05, 4.69) is 30.8 Å². The molecule has 2 amide bonds. The maximum Gasteiger partial charge on any atom is 0.410 e. The number of aryl methyl sites for hydroxylation is 1. The molecule has 3 aromatic heterocycles. The minimum atomic E-state index is -0.543. The van der Waals surface area contributed by atoms with E-state index in [0.29, 0.717) is 43.4 Å². The lowest BCUT2D eigenvalue weighted by atomic mass is 10.0. The molecule has 4 heterocycles.